The highest BCUT2D eigenvalue weighted by Crippen LogP contribution is 2.29. The first-order valence-electron chi connectivity index (χ1n) is 11.1. The van der Waals surface area contributed by atoms with E-state index in [4.69, 9.17) is 16.2 Å². The number of esters is 1. The number of nitrogens with zero attached hydrogens (tertiary/aromatic N) is 2. The second kappa shape index (κ2) is 11.9. The summed E-state index contributed by atoms with van der Waals surface area (Å²) in [4.78, 5) is 12.3. The maximum Gasteiger partial charge on any atom is 0.307 e. The van der Waals surface area contributed by atoms with Crippen molar-refractivity contribution in [2.75, 3.05) is 11.0 Å². The van der Waals surface area contributed by atoms with E-state index in [-0.39, 0.29) is 34.1 Å². The van der Waals surface area contributed by atoms with E-state index in [2.05, 4.69) is 9.82 Å². The zero-order valence-electron chi connectivity index (χ0n) is 19.9. The summed E-state index contributed by atoms with van der Waals surface area (Å²) in [5.41, 5.74) is 11.3. The molecule has 3 aromatic carbocycles. The molecule has 0 fully saturated rings. The first kappa shape index (κ1) is 27.6. The van der Waals surface area contributed by atoms with Gasteiger partial charge in [0.25, 0.3) is 10.0 Å². The topological polar surface area (TPSA) is 174 Å². The van der Waals surface area contributed by atoms with Gasteiger partial charge in [0.05, 0.1) is 34.5 Å². The van der Waals surface area contributed by atoms with Crippen LogP contribution in [0.1, 0.15) is 24.9 Å². The standard InChI is InChI=1S/C24H27N5O6S2/c1-2-35-23(30)17-22(28-36(31,32)20-12-5-3-6-13-20)18-10-9-11-19(16-18)29(27-24(25)26)37(33,34)21-14-7-4-8-15-21/h3-16,22,28H,2,17H2,1H3,(H4,25,26,27). The summed E-state index contributed by atoms with van der Waals surface area (Å²) in [5, 5.41) is 3.80. The molecule has 0 aromatic heterocycles. The van der Waals surface area contributed by atoms with Crippen LogP contribution in [0.4, 0.5) is 5.69 Å². The molecule has 0 aliphatic heterocycles. The molecule has 5 N–H and O–H groups in total. The van der Waals surface area contributed by atoms with E-state index in [1.54, 1.807) is 49.4 Å². The fourth-order valence-corrected chi connectivity index (χ4v) is 5.92. The molecule has 13 heteroatoms. The number of rotatable bonds is 11. The third-order valence-electron chi connectivity index (χ3n) is 5.00. The van der Waals surface area contributed by atoms with Gasteiger partial charge in [-0.3, -0.25) is 4.79 Å². The van der Waals surface area contributed by atoms with Crippen LogP contribution < -0.4 is 20.6 Å². The van der Waals surface area contributed by atoms with Gasteiger partial charge in [0.2, 0.25) is 16.0 Å². The molecule has 1 unspecified atom stereocenters. The van der Waals surface area contributed by atoms with Crippen LogP contribution in [0.15, 0.2) is 99.8 Å². The smallest absolute Gasteiger partial charge is 0.307 e. The van der Waals surface area contributed by atoms with E-state index < -0.39 is 38.0 Å². The molecular weight excluding hydrogens is 518 g/mol. The largest absolute Gasteiger partial charge is 0.466 e. The lowest BCUT2D eigenvalue weighted by atomic mass is 10.0. The number of nitrogens with one attached hydrogen (secondary N) is 1. The Hall–Kier alpha value is -3.94. The molecular formula is C24H27N5O6S2. The highest BCUT2D eigenvalue weighted by atomic mass is 32.2. The minimum Gasteiger partial charge on any atom is -0.466 e. The van der Waals surface area contributed by atoms with Gasteiger partial charge in [-0.25, -0.2) is 13.1 Å². The van der Waals surface area contributed by atoms with Gasteiger partial charge >= 0.3 is 5.97 Å². The van der Waals surface area contributed by atoms with Gasteiger partial charge in [-0.15, -0.1) is 5.10 Å². The number of benzene rings is 3. The molecule has 3 aromatic rings. The fraction of sp³-hybridized carbons (Fsp3) is 0.167. The molecule has 0 saturated carbocycles. The third kappa shape index (κ3) is 7.06. The molecule has 1 atom stereocenters. The summed E-state index contributed by atoms with van der Waals surface area (Å²) < 4.78 is 61.0. The number of ether oxygens (including phenoxy) is 1. The van der Waals surface area contributed by atoms with Crippen molar-refractivity contribution in [1.29, 1.82) is 0 Å². The number of carbonyl (C=O) groups excluding carboxylic acids is 1. The van der Waals surface area contributed by atoms with Gasteiger partial charge in [0, 0.05) is 0 Å². The van der Waals surface area contributed by atoms with Crippen LogP contribution in [0.25, 0.3) is 0 Å². The molecule has 0 aliphatic rings. The summed E-state index contributed by atoms with van der Waals surface area (Å²) >= 11 is 0. The van der Waals surface area contributed by atoms with Gasteiger partial charge in [0.15, 0.2) is 0 Å². The summed E-state index contributed by atoms with van der Waals surface area (Å²) in [7, 11) is -8.29. The van der Waals surface area contributed by atoms with Crippen LogP contribution in [0.2, 0.25) is 0 Å². The Labute approximate surface area is 215 Å². The SMILES string of the molecule is CCOC(=O)CC(NS(=O)(=O)c1ccccc1)c1cccc(N(N=C(N)N)S(=O)(=O)c2ccccc2)c1. The number of carbonyl (C=O) groups is 1. The maximum absolute atomic E-state index is 13.3. The van der Waals surface area contributed by atoms with Crippen LogP contribution in [0.3, 0.4) is 0 Å². The van der Waals surface area contributed by atoms with Crippen LogP contribution >= 0.6 is 0 Å². The molecule has 196 valence electrons. The molecule has 0 spiro atoms. The summed E-state index contributed by atoms with van der Waals surface area (Å²) in [6.07, 6.45) is -0.350. The zero-order valence-corrected chi connectivity index (χ0v) is 21.5. The fourth-order valence-electron chi connectivity index (χ4n) is 3.38. The predicted molar refractivity (Wildman–Crippen MR) is 139 cm³/mol. The van der Waals surface area contributed by atoms with Crippen LogP contribution in [-0.4, -0.2) is 35.4 Å². The van der Waals surface area contributed by atoms with E-state index >= 15 is 0 Å². The lowest BCUT2D eigenvalue weighted by Crippen LogP contribution is -2.33. The first-order valence-corrected chi connectivity index (χ1v) is 14.0. The first-order chi connectivity index (χ1) is 17.5. The van der Waals surface area contributed by atoms with Crippen molar-refractivity contribution in [2.24, 2.45) is 16.6 Å². The van der Waals surface area contributed by atoms with Gasteiger partial charge in [0.1, 0.15) is 0 Å². The molecule has 3 rings (SSSR count). The molecule has 11 nitrogen and oxygen atoms in total. The van der Waals surface area contributed by atoms with Gasteiger partial charge in [-0.2, -0.15) is 12.8 Å². The average molecular weight is 546 g/mol. The Balaban J connectivity index is 2.08. The molecule has 37 heavy (non-hydrogen) atoms. The quantitative estimate of drug-likeness (QED) is 0.142. The average Bonchev–Trinajstić information content (AvgIpc) is 2.88. The van der Waals surface area contributed by atoms with Gasteiger partial charge in [-0.05, 0) is 48.9 Å². The second-order valence-corrected chi connectivity index (χ2v) is 11.2. The maximum atomic E-state index is 13.3. The molecule has 0 aliphatic carbocycles. The minimum absolute atomic E-state index is 0.00574. The van der Waals surface area contributed by atoms with E-state index in [0.717, 1.165) is 0 Å². The van der Waals surface area contributed by atoms with Crippen LogP contribution in [0.5, 0.6) is 0 Å². The summed E-state index contributed by atoms with van der Waals surface area (Å²) in [6.45, 7) is 1.73. The lowest BCUT2D eigenvalue weighted by Gasteiger charge is -2.23. The van der Waals surface area contributed by atoms with Crippen molar-refractivity contribution in [2.45, 2.75) is 29.2 Å². The Morgan fingerprint density at radius 3 is 2.08 bits per heavy atom. The predicted octanol–water partition coefficient (Wildman–Crippen LogP) is 2.04. The molecule has 0 bridgehead atoms. The normalized spacial score (nSPS) is 12.4. The highest BCUT2D eigenvalue weighted by Gasteiger charge is 2.28. The van der Waals surface area contributed by atoms with E-state index in [0.29, 0.717) is 4.41 Å². The number of nitrogens with two attached hydrogens (primary N) is 2. The van der Waals surface area contributed by atoms with Crippen LogP contribution in [-0.2, 0) is 29.6 Å². The number of guanidine groups is 1. The van der Waals surface area contributed by atoms with Crippen molar-refractivity contribution in [3.05, 3.63) is 90.5 Å². The number of hydrogen-bond acceptors (Lipinski definition) is 7. The Bertz CT molecular complexity index is 1460. The molecule has 0 heterocycles. The van der Waals surface area contributed by atoms with Crippen molar-refractivity contribution in [3.8, 4) is 0 Å². The number of hydrogen-bond donors (Lipinski definition) is 3. The van der Waals surface area contributed by atoms with Gasteiger partial charge in [-0.1, -0.05) is 48.5 Å². The Kier molecular flexibility index (Phi) is 8.86. The third-order valence-corrected chi connectivity index (χ3v) is 8.10. The Morgan fingerprint density at radius 2 is 1.51 bits per heavy atom. The van der Waals surface area contributed by atoms with E-state index in [9.17, 15) is 21.6 Å². The number of anilines is 1. The second-order valence-electron chi connectivity index (χ2n) is 7.68. The highest BCUT2D eigenvalue weighted by molar-refractivity contribution is 7.92. The summed E-state index contributed by atoms with van der Waals surface area (Å²) in [5.74, 6) is -1.16. The van der Waals surface area contributed by atoms with Crippen LogP contribution in [0, 0.1) is 0 Å². The zero-order chi connectivity index (χ0) is 27.1. The van der Waals surface area contributed by atoms with Crippen molar-refractivity contribution in [1.82, 2.24) is 4.72 Å². The van der Waals surface area contributed by atoms with E-state index in [1.807, 2.05) is 0 Å². The summed E-state index contributed by atoms with van der Waals surface area (Å²) in [6, 6.07) is 19.9. The van der Waals surface area contributed by atoms with Crippen molar-refractivity contribution in [3.63, 3.8) is 0 Å². The van der Waals surface area contributed by atoms with Crippen molar-refractivity contribution < 1.29 is 26.4 Å². The molecule has 0 amide bonds. The molecule has 0 saturated heterocycles. The minimum atomic E-state index is -4.25. The Morgan fingerprint density at radius 1 is 0.919 bits per heavy atom. The van der Waals surface area contributed by atoms with E-state index in [1.165, 1.54) is 42.5 Å². The number of hydrazone groups is 1. The van der Waals surface area contributed by atoms with Gasteiger partial charge < -0.3 is 16.2 Å². The van der Waals surface area contributed by atoms with Crippen molar-refractivity contribution >= 4 is 37.7 Å². The molecule has 0 radical (unpaired) electrons. The monoisotopic (exact) mass is 545 g/mol. The number of sulfonamides is 2. The lowest BCUT2D eigenvalue weighted by molar-refractivity contribution is -0.143.